The number of carbonyl (C=O) groups is 1. The normalized spacial score (nSPS) is 8.91. The molecule has 1 N–H and O–H groups in total. The van der Waals surface area contributed by atoms with E-state index in [0.717, 1.165) is 5.75 Å². The second kappa shape index (κ2) is 6.42. The first-order valence-electron chi connectivity index (χ1n) is 3.18. The molecule has 0 heterocycles. The van der Waals surface area contributed by atoms with Crippen molar-refractivity contribution in [3.8, 4) is 0 Å². The average molecular weight is 193 g/mol. The highest BCUT2D eigenvalue weighted by molar-refractivity contribution is 8.22. The molecule has 0 aliphatic rings. The molecule has 0 saturated heterocycles. The van der Waals surface area contributed by atoms with E-state index in [-0.39, 0.29) is 12.5 Å². The number of nitrogens with one attached hydrogen (secondary N) is 1. The fraction of sp³-hybridized carbons (Fsp3) is 0.667. The quantitative estimate of drug-likeness (QED) is 0.530. The molecule has 0 aromatic carbocycles. The van der Waals surface area contributed by atoms with E-state index in [1.54, 1.807) is 0 Å². The molecule has 5 heteroatoms. The molecule has 11 heavy (non-hydrogen) atoms. The number of methoxy groups -OCH3 is 1. The standard InChI is InChI=1S/C6H11NO2S2/c1-3-11-6(10)7-4-5(8)9-2/h3-4H2,1-2H3,(H,7,10). The second-order valence-electron chi connectivity index (χ2n) is 1.65. The van der Waals surface area contributed by atoms with Crippen LogP contribution in [0.15, 0.2) is 0 Å². The summed E-state index contributed by atoms with van der Waals surface area (Å²) in [5.74, 6) is 0.608. The zero-order valence-corrected chi connectivity index (χ0v) is 8.18. The van der Waals surface area contributed by atoms with Gasteiger partial charge in [-0.05, 0) is 5.75 Å². The van der Waals surface area contributed by atoms with E-state index in [0.29, 0.717) is 4.32 Å². The number of hydrogen-bond donors (Lipinski definition) is 1. The van der Waals surface area contributed by atoms with Crippen LogP contribution in [-0.2, 0) is 9.53 Å². The lowest BCUT2D eigenvalue weighted by molar-refractivity contribution is -0.139. The molecule has 0 aromatic heterocycles. The Morgan fingerprint density at radius 3 is 2.82 bits per heavy atom. The molecule has 0 amide bonds. The Morgan fingerprint density at radius 1 is 1.73 bits per heavy atom. The fourth-order valence-electron chi connectivity index (χ4n) is 0.399. The Balaban J connectivity index is 3.38. The number of thioether (sulfide) groups is 1. The summed E-state index contributed by atoms with van der Waals surface area (Å²) in [5.41, 5.74) is 0. The molecule has 0 aromatic rings. The average Bonchev–Trinajstić information content (AvgIpc) is 2.01. The highest BCUT2D eigenvalue weighted by Crippen LogP contribution is 1.98. The largest absolute Gasteiger partial charge is 0.468 e. The number of hydrogen-bond acceptors (Lipinski definition) is 4. The van der Waals surface area contributed by atoms with Gasteiger partial charge in [0.2, 0.25) is 0 Å². The topological polar surface area (TPSA) is 38.3 Å². The van der Waals surface area contributed by atoms with E-state index in [2.05, 4.69) is 10.1 Å². The maximum absolute atomic E-state index is 10.6. The van der Waals surface area contributed by atoms with E-state index in [1.807, 2.05) is 6.92 Å². The van der Waals surface area contributed by atoms with Gasteiger partial charge in [-0.2, -0.15) is 0 Å². The maximum atomic E-state index is 10.6. The number of thiocarbonyl (C=S) groups is 1. The van der Waals surface area contributed by atoms with Crippen LogP contribution in [0.2, 0.25) is 0 Å². The monoisotopic (exact) mass is 193 g/mol. The molecular weight excluding hydrogens is 182 g/mol. The van der Waals surface area contributed by atoms with Crippen molar-refractivity contribution in [2.75, 3.05) is 19.4 Å². The molecule has 0 aliphatic heterocycles. The zero-order chi connectivity index (χ0) is 8.69. The summed E-state index contributed by atoms with van der Waals surface area (Å²) >= 11 is 6.36. The van der Waals surface area contributed by atoms with Gasteiger partial charge in [0.15, 0.2) is 0 Å². The van der Waals surface area contributed by atoms with Gasteiger partial charge in [0.1, 0.15) is 10.9 Å². The van der Waals surface area contributed by atoms with Crippen LogP contribution in [0.5, 0.6) is 0 Å². The molecule has 0 rings (SSSR count). The summed E-state index contributed by atoms with van der Waals surface area (Å²) < 4.78 is 5.05. The van der Waals surface area contributed by atoms with Crippen LogP contribution >= 0.6 is 24.0 Å². The van der Waals surface area contributed by atoms with Gasteiger partial charge < -0.3 is 10.1 Å². The predicted molar refractivity (Wildman–Crippen MR) is 50.7 cm³/mol. The van der Waals surface area contributed by atoms with Crippen molar-refractivity contribution < 1.29 is 9.53 Å². The SMILES string of the molecule is CCSC(=S)NCC(=O)OC. The summed E-state index contributed by atoms with van der Waals surface area (Å²) in [6.07, 6.45) is 0. The molecule has 0 radical (unpaired) electrons. The first kappa shape index (κ1) is 10.7. The summed E-state index contributed by atoms with van der Waals surface area (Å²) in [6, 6.07) is 0. The maximum Gasteiger partial charge on any atom is 0.325 e. The van der Waals surface area contributed by atoms with E-state index >= 15 is 0 Å². The van der Waals surface area contributed by atoms with Crippen LogP contribution in [0.1, 0.15) is 6.92 Å². The Kier molecular flexibility index (Phi) is 6.25. The number of rotatable bonds is 3. The van der Waals surface area contributed by atoms with Crippen LogP contribution in [0, 0.1) is 0 Å². The summed E-state index contributed by atoms with van der Waals surface area (Å²) in [4.78, 5) is 10.6. The molecule has 0 bridgehead atoms. The number of ether oxygens (including phenoxy) is 1. The minimum Gasteiger partial charge on any atom is -0.468 e. The van der Waals surface area contributed by atoms with Crippen molar-refractivity contribution in [1.29, 1.82) is 0 Å². The molecule has 0 saturated carbocycles. The third kappa shape index (κ3) is 6.12. The molecule has 0 unspecified atom stereocenters. The van der Waals surface area contributed by atoms with Gasteiger partial charge in [-0.15, -0.1) is 0 Å². The predicted octanol–water partition coefficient (Wildman–Crippen LogP) is 0.787. The lowest BCUT2D eigenvalue weighted by Gasteiger charge is -2.03. The third-order valence-electron chi connectivity index (χ3n) is 0.880. The van der Waals surface area contributed by atoms with Crippen molar-refractivity contribution >= 4 is 34.3 Å². The Labute approximate surface area is 75.9 Å². The molecule has 0 fully saturated rings. The van der Waals surface area contributed by atoms with Crippen LogP contribution in [0.3, 0.4) is 0 Å². The van der Waals surface area contributed by atoms with E-state index in [9.17, 15) is 4.79 Å². The van der Waals surface area contributed by atoms with Crippen LogP contribution in [0.25, 0.3) is 0 Å². The van der Waals surface area contributed by atoms with Gasteiger partial charge >= 0.3 is 5.97 Å². The molecule has 0 atom stereocenters. The van der Waals surface area contributed by atoms with E-state index in [4.69, 9.17) is 12.2 Å². The van der Waals surface area contributed by atoms with E-state index < -0.39 is 0 Å². The highest BCUT2D eigenvalue weighted by atomic mass is 32.2. The van der Waals surface area contributed by atoms with Gasteiger partial charge in [0.25, 0.3) is 0 Å². The fourth-order valence-corrected chi connectivity index (χ4v) is 1.26. The third-order valence-corrected chi connectivity index (χ3v) is 2.07. The summed E-state index contributed by atoms with van der Waals surface area (Å²) in [5, 5.41) is 2.75. The molecule has 0 aliphatic carbocycles. The second-order valence-corrected chi connectivity index (χ2v) is 3.59. The van der Waals surface area contributed by atoms with Crippen molar-refractivity contribution in [2.45, 2.75) is 6.92 Å². The Bertz CT molecular complexity index is 150. The summed E-state index contributed by atoms with van der Waals surface area (Å²) in [7, 11) is 1.35. The van der Waals surface area contributed by atoms with Crippen LogP contribution in [0.4, 0.5) is 0 Å². The first-order chi connectivity index (χ1) is 5.20. The zero-order valence-electron chi connectivity index (χ0n) is 6.55. The Hall–Kier alpha value is -0.290. The van der Waals surface area contributed by atoms with E-state index in [1.165, 1.54) is 18.9 Å². The van der Waals surface area contributed by atoms with Gasteiger partial charge in [0.05, 0.1) is 7.11 Å². The number of esters is 1. The van der Waals surface area contributed by atoms with Crippen LogP contribution in [-0.4, -0.2) is 29.7 Å². The first-order valence-corrected chi connectivity index (χ1v) is 4.57. The lowest BCUT2D eigenvalue weighted by Crippen LogP contribution is -2.26. The van der Waals surface area contributed by atoms with Gasteiger partial charge in [-0.25, -0.2) is 0 Å². The van der Waals surface area contributed by atoms with Gasteiger partial charge in [0, 0.05) is 0 Å². The minimum absolute atomic E-state index is 0.155. The van der Waals surface area contributed by atoms with Gasteiger partial charge in [-0.1, -0.05) is 30.9 Å². The van der Waals surface area contributed by atoms with Gasteiger partial charge in [-0.3, -0.25) is 4.79 Å². The lowest BCUT2D eigenvalue weighted by atomic mass is 10.7. The molecular formula is C6H11NO2S2. The number of carbonyl (C=O) groups excluding carboxylic acids is 1. The summed E-state index contributed by atoms with van der Waals surface area (Å²) in [6.45, 7) is 2.15. The van der Waals surface area contributed by atoms with Crippen molar-refractivity contribution in [1.82, 2.24) is 5.32 Å². The van der Waals surface area contributed by atoms with Crippen LogP contribution < -0.4 is 5.32 Å². The molecule has 3 nitrogen and oxygen atoms in total. The minimum atomic E-state index is -0.302. The molecule has 64 valence electrons. The van der Waals surface area contributed by atoms with Crippen molar-refractivity contribution in [3.05, 3.63) is 0 Å². The van der Waals surface area contributed by atoms with Crippen molar-refractivity contribution in [3.63, 3.8) is 0 Å². The smallest absolute Gasteiger partial charge is 0.325 e. The Morgan fingerprint density at radius 2 is 2.36 bits per heavy atom. The molecule has 0 spiro atoms. The highest BCUT2D eigenvalue weighted by Gasteiger charge is 2.00. The van der Waals surface area contributed by atoms with Crippen molar-refractivity contribution in [2.24, 2.45) is 0 Å².